The van der Waals surface area contributed by atoms with Gasteiger partial charge < -0.3 is 14.2 Å². The summed E-state index contributed by atoms with van der Waals surface area (Å²) in [5.74, 6) is 0.548. The van der Waals surface area contributed by atoms with Crippen LogP contribution in [0, 0.1) is 12.8 Å². The van der Waals surface area contributed by atoms with E-state index in [2.05, 4.69) is 61.9 Å². The number of hydrogen-bond donors (Lipinski definition) is 0. The number of aryl methyl sites for hydroxylation is 1. The van der Waals surface area contributed by atoms with E-state index in [-0.39, 0.29) is 5.91 Å². The van der Waals surface area contributed by atoms with Gasteiger partial charge in [0, 0.05) is 38.5 Å². The number of rotatable bonds is 9. The molecule has 0 saturated heterocycles. The third-order valence-electron chi connectivity index (χ3n) is 4.25. The van der Waals surface area contributed by atoms with Crippen LogP contribution < -0.4 is 0 Å². The van der Waals surface area contributed by atoms with Gasteiger partial charge in [-0.2, -0.15) is 0 Å². The molecule has 1 heterocycles. The van der Waals surface area contributed by atoms with Crippen molar-refractivity contribution in [2.45, 2.75) is 40.3 Å². The van der Waals surface area contributed by atoms with Gasteiger partial charge in [-0.1, -0.05) is 43.7 Å². The molecule has 4 heteroatoms. The molecule has 0 aliphatic rings. The van der Waals surface area contributed by atoms with Gasteiger partial charge in [-0.05, 0) is 30.5 Å². The summed E-state index contributed by atoms with van der Waals surface area (Å²) in [6.07, 6.45) is 2.65. The maximum atomic E-state index is 12.6. The van der Waals surface area contributed by atoms with Gasteiger partial charge >= 0.3 is 0 Å². The van der Waals surface area contributed by atoms with Crippen molar-refractivity contribution in [1.29, 1.82) is 0 Å². The Bertz CT molecular complexity index is 659. The SMILES string of the molecule is COCCN(Cc1cccn1Cc1ccc(C)cc1)C(=O)CC(C)C. The number of amides is 1. The maximum Gasteiger partial charge on any atom is 0.223 e. The van der Waals surface area contributed by atoms with Crippen LogP contribution in [0.2, 0.25) is 0 Å². The van der Waals surface area contributed by atoms with Crippen LogP contribution in [-0.4, -0.2) is 35.6 Å². The number of nitrogens with zero attached hydrogens (tertiary/aromatic N) is 2. The van der Waals surface area contributed by atoms with Gasteiger partial charge in [0.25, 0.3) is 0 Å². The van der Waals surface area contributed by atoms with Gasteiger partial charge in [-0.25, -0.2) is 0 Å². The van der Waals surface area contributed by atoms with Crippen molar-refractivity contribution in [3.05, 3.63) is 59.4 Å². The first-order valence-corrected chi connectivity index (χ1v) is 8.96. The van der Waals surface area contributed by atoms with E-state index >= 15 is 0 Å². The van der Waals surface area contributed by atoms with E-state index in [1.165, 1.54) is 11.1 Å². The van der Waals surface area contributed by atoms with Gasteiger partial charge in [-0.15, -0.1) is 0 Å². The second-order valence-corrected chi connectivity index (χ2v) is 7.02. The first kappa shape index (κ1) is 19.3. The zero-order valence-corrected chi connectivity index (χ0v) is 15.9. The molecule has 0 spiro atoms. The van der Waals surface area contributed by atoms with E-state index in [0.29, 0.717) is 32.0 Å². The summed E-state index contributed by atoms with van der Waals surface area (Å²) >= 11 is 0. The van der Waals surface area contributed by atoms with Crippen LogP contribution in [0.1, 0.15) is 37.1 Å². The van der Waals surface area contributed by atoms with Gasteiger partial charge in [0.1, 0.15) is 0 Å². The van der Waals surface area contributed by atoms with Gasteiger partial charge in [0.05, 0.1) is 13.2 Å². The molecule has 1 aromatic carbocycles. The van der Waals surface area contributed by atoms with Crippen molar-refractivity contribution in [3.63, 3.8) is 0 Å². The summed E-state index contributed by atoms with van der Waals surface area (Å²) in [6, 6.07) is 12.7. The monoisotopic (exact) mass is 342 g/mol. The normalized spacial score (nSPS) is 11.1. The highest BCUT2D eigenvalue weighted by molar-refractivity contribution is 5.76. The summed E-state index contributed by atoms with van der Waals surface area (Å²) in [7, 11) is 1.67. The van der Waals surface area contributed by atoms with Crippen molar-refractivity contribution in [1.82, 2.24) is 9.47 Å². The van der Waals surface area contributed by atoms with Gasteiger partial charge in [0.15, 0.2) is 0 Å². The molecule has 25 heavy (non-hydrogen) atoms. The number of carbonyl (C=O) groups excluding carboxylic acids is 1. The van der Waals surface area contributed by atoms with E-state index in [4.69, 9.17) is 4.74 Å². The highest BCUT2D eigenvalue weighted by Crippen LogP contribution is 2.13. The van der Waals surface area contributed by atoms with Gasteiger partial charge in [-0.3, -0.25) is 4.79 Å². The summed E-state index contributed by atoms with van der Waals surface area (Å²) < 4.78 is 7.40. The third kappa shape index (κ3) is 6.05. The topological polar surface area (TPSA) is 34.5 Å². The van der Waals surface area contributed by atoms with Crippen LogP contribution >= 0.6 is 0 Å². The molecular formula is C21H30N2O2. The van der Waals surface area contributed by atoms with E-state index < -0.39 is 0 Å². The van der Waals surface area contributed by atoms with Crippen LogP contribution in [0.4, 0.5) is 0 Å². The summed E-state index contributed by atoms with van der Waals surface area (Å²) in [5, 5.41) is 0. The van der Waals surface area contributed by atoms with Crippen LogP contribution in [0.25, 0.3) is 0 Å². The fraction of sp³-hybridized carbons (Fsp3) is 0.476. The molecule has 4 nitrogen and oxygen atoms in total. The Morgan fingerprint density at radius 1 is 1.20 bits per heavy atom. The zero-order chi connectivity index (χ0) is 18.2. The molecule has 0 fully saturated rings. The molecule has 0 aliphatic heterocycles. The Labute approximate surface area is 151 Å². The Kier molecular flexibility index (Phi) is 7.26. The molecule has 1 aromatic heterocycles. The lowest BCUT2D eigenvalue weighted by atomic mass is 10.1. The largest absolute Gasteiger partial charge is 0.383 e. The molecule has 0 bridgehead atoms. The first-order valence-electron chi connectivity index (χ1n) is 8.96. The predicted octanol–water partition coefficient (Wildman–Crippen LogP) is 3.87. The molecular weight excluding hydrogens is 312 g/mol. The molecule has 0 N–H and O–H groups in total. The van der Waals surface area contributed by atoms with Crippen molar-refractivity contribution >= 4 is 5.91 Å². The number of aromatic nitrogens is 1. The summed E-state index contributed by atoms with van der Waals surface area (Å²) in [6.45, 7) is 8.87. The molecule has 0 radical (unpaired) electrons. The van der Waals surface area contributed by atoms with E-state index in [1.54, 1.807) is 7.11 Å². The van der Waals surface area contributed by atoms with Gasteiger partial charge in [0.2, 0.25) is 5.91 Å². The minimum atomic E-state index is 0.190. The molecule has 1 amide bonds. The third-order valence-corrected chi connectivity index (χ3v) is 4.25. The van der Waals surface area contributed by atoms with E-state index in [9.17, 15) is 4.79 Å². The second kappa shape index (κ2) is 9.42. The average molecular weight is 342 g/mol. The molecule has 0 aliphatic carbocycles. The molecule has 0 saturated carbocycles. The molecule has 0 atom stereocenters. The fourth-order valence-corrected chi connectivity index (χ4v) is 2.80. The Morgan fingerprint density at radius 3 is 2.56 bits per heavy atom. The van der Waals surface area contributed by atoms with Crippen molar-refractivity contribution in [2.24, 2.45) is 5.92 Å². The Morgan fingerprint density at radius 2 is 1.92 bits per heavy atom. The number of benzene rings is 1. The van der Waals surface area contributed by atoms with E-state index in [1.807, 2.05) is 11.0 Å². The summed E-state index contributed by atoms with van der Waals surface area (Å²) in [4.78, 5) is 14.5. The first-order chi connectivity index (χ1) is 12.0. The van der Waals surface area contributed by atoms with Crippen molar-refractivity contribution < 1.29 is 9.53 Å². The fourth-order valence-electron chi connectivity index (χ4n) is 2.80. The number of carbonyl (C=O) groups is 1. The van der Waals surface area contributed by atoms with Crippen LogP contribution in [-0.2, 0) is 22.6 Å². The maximum absolute atomic E-state index is 12.6. The van der Waals surface area contributed by atoms with Crippen molar-refractivity contribution in [3.8, 4) is 0 Å². The molecule has 2 rings (SSSR count). The highest BCUT2D eigenvalue weighted by Gasteiger charge is 2.16. The van der Waals surface area contributed by atoms with Crippen LogP contribution in [0.3, 0.4) is 0 Å². The number of methoxy groups -OCH3 is 1. The lowest BCUT2D eigenvalue weighted by Gasteiger charge is -2.24. The second-order valence-electron chi connectivity index (χ2n) is 7.02. The smallest absolute Gasteiger partial charge is 0.223 e. The lowest BCUT2D eigenvalue weighted by Crippen LogP contribution is -2.34. The van der Waals surface area contributed by atoms with Crippen LogP contribution in [0.5, 0.6) is 0 Å². The van der Waals surface area contributed by atoms with Crippen LogP contribution in [0.15, 0.2) is 42.6 Å². The zero-order valence-electron chi connectivity index (χ0n) is 15.9. The average Bonchev–Trinajstić information content (AvgIpc) is 2.99. The van der Waals surface area contributed by atoms with E-state index in [0.717, 1.165) is 12.2 Å². The minimum absolute atomic E-state index is 0.190. The van der Waals surface area contributed by atoms with Crippen molar-refractivity contribution in [2.75, 3.05) is 20.3 Å². The standard InChI is InChI=1S/C21H30N2O2/c1-17(2)14-21(24)23(12-13-25-4)16-20-6-5-11-22(20)15-19-9-7-18(3)8-10-19/h5-11,17H,12-16H2,1-4H3. The number of hydrogen-bond acceptors (Lipinski definition) is 2. The molecule has 0 unspecified atom stereocenters. The molecule has 2 aromatic rings. The predicted molar refractivity (Wildman–Crippen MR) is 101 cm³/mol. The Balaban J connectivity index is 2.09. The highest BCUT2D eigenvalue weighted by atomic mass is 16.5. The summed E-state index contributed by atoms with van der Waals surface area (Å²) in [5.41, 5.74) is 3.68. The lowest BCUT2D eigenvalue weighted by molar-refractivity contribution is -0.133. The Hall–Kier alpha value is -2.07. The quantitative estimate of drug-likeness (QED) is 0.693. The number of ether oxygens (including phenoxy) is 1. The molecule has 136 valence electrons. The minimum Gasteiger partial charge on any atom is -0.383 e.